The lowest BCUT2D eigenvalue weighted by Crippen LogP contribution is -2.32. The number of ether oxygens (including phenoxy) is 2. The largest absolute Gasteiger partial charge is 0.486 e. The zero-order valence-corrected chi connectivity index (χ0v) is 13.1. The number of nitrogens with zero attached hydrogens (tertiary/aromatic N) is 1. The van der Waals surface area contributed by atoms with E-state index in [1.165, 1.54) is 10.4 Å². The Balaban J connectivity index is 0.00000200. The Bertz CT molecular complexity index is 550. The predicted molar refractivity (Wildman–Crippen MR) is 78.4 cm³/mol. The Morgan fingerprint density at radius 1 is 1.25 bits per heavy atom. The third kappa shape index (κ3) is 3.54. The molecule has 0 bridgehead atoms. The predicted octanol–water partition coefficient (Wildman–Crippen LogP) is 0.720. The van der Waals surface area contributed by atoms with Crippen molar-refractivity contribution in [1.29, 1.82) is 0 Å². The smallest absolute Gasteiger partial charge is 0.242 e. The van der Waals surface area contributed by atoms with E-state index in [-0.39, 0.29) is 17.3 Å². The van der Waals surface area contributed by atoms with Crippen molar-refractivity contribution in [3.63, 3.8) is 0 Å². The third-order valence-corrected chi connectivity index (χ3v) is 4.75. The fourth-order valence-corrected chi connectivity index (χ4v) is 2.94. The number of fused-ring (bicyclic) bond motifs is 1. The summed E-state index contributed by atoms with van der Waals surface area (Å²) >= 11 is 0. The second kappa shape index (κ2) is 7.12. The number of nitrogens with one attached hydrogen (secondary N) is 1. The van der Waals surface area contributed by atoms with Crippen LogP contribution in [0.2, 0.25) is 0 Å². The highest BCUT2D eigenvalue weighted by Gasteiger charge is 2.23. The van der Waals surface area contributed by atoms with Crippen LogP contribution in [0.3, 0.4) is 0 Å². The highest BCUT2D eigenvalue weighted by molar-refractivity contribution is 7.89. The lowest BCUT2D eigenvalue weighted by atomic mass is 10.3. The molecule has 0 aliphatic carbocycles. The lowest BCUT2D eigenvalue weighted by molar-refractivity contribution is 0.171. The maximum Gasteiger partial charge on any atom is 0.242 e. The molecule has 0 radical (unpaired) electrons. The van der Waals surface area contributed by atoms with Crippen molar-refractivity contribution in [2.45, 2.75) is 4.90 Å². The number of hydrogen-bond acceptors (Lipinski definition) is 5. The molecule has 6 nitrogen and oxygen atoms in total. The second-order valence-electron chi connectivity index (χ2n) is 4.24. The summed E-state index contributed by atoms with van der Waals surface area (Å²) in [6.07, 6.45) is 0. The van der Waals surface area contributed by atoms with Gasteiger partial charge in [-0.1, -0.05) is 0 Å². The van der Waals surface area contributed by atoms with Crippen LogP contribution in [-0.4, -0.2) is 53.1 Å². The van der Waals surface area contributed by atoms with Crippen molar-refractivity contribution < 1.29 is 17.9 Å². The first-order valence-corrected chi connectivity index (χ1v) is 7.50. The van der Waals surface area contributed by atoms with Gasteiger partial charge in [-0.05, 0) is 19.2 Å². The van der Waals surface area contributed by atoms with Crippen LogP contribution in [0.5, 0.6) is 11.5 Å². The van der Waals surface area contributed by atoms with E-state index in [0.717, 1.165) is 0 Å². The van der Waals surface area contributed by atoms with Gasteiger partial charge in [0, 0.05) is 26.2 Å². The summed E-state index contributed by atoms with van der Waals surface area (Å²) < 4.78 is 36.7. The first-order chi connectivity index (χ1) is 9.05. The number of likely N-dealkylation sites (N-methyl/N-ethyl adjacent to an activating group) is 2. The van der Waals surface area contributed by atoms with E-state index in [4.69, 9.17) is 9.47 Å². The molecule has 0 saturated carbocycles. The monoisotopic (exact) mass is 322 g/mol. The second-order valence-corrected chi connectivity index (χ2v) is 6.28. The van der Waals surface area contributed by atoms with E-state index < -0.39 is 10.0 Å². The van der Waals surface area contributed by atoms with Gasteiger partial charge in [-0.15, -0.1) is 12.4 Å². The zero-order valence-electron chi connectivity index (χ0n) is 11.5. The minimum absolute atomic E-state index is 0. The van der Waals surface area contributed by atoms with Crippen LogP contribution in [0.15, 0.2) is 23.1 Å². The van der Waals surface area contributed by atoms with Crippen LogP contribution >= 0.6 is 12.4 Å². The van der Waals surface area contributed by atoms with E-state index >= 15 is 0 Å². The van der Waals surface area contributed by atoms with Crippen molar-refractivity contribution >= 4 is 22.4 Å². The number of sulfonamides is 1. The van der Waals surface area contributed by atoms with E-state index in [2.05, 4.69) is 5.32 Å². The minimum atomic E-state index is -3.49. The number of hydrogen-bond donors (Lipinski definition) is 1. The fraction of sp³-hybridized carbons (Fsp3) is 0.500. The highest BCUT2D eigenvalue weighted by atomic mass is 35.5. The molecule has 0 aromatic heterocycles. The molecule has 8 heteroatoms. The Hall–Kier alpha value is -1.02. The van der Waals surface area contributed by atoms with Crippen molar-refractivity contribution in [3.8, 4) is 11.5 Å². The summed E-state index contributed by atoms with van der Waals surface area (Å²) in [5.74, 6) is 1.07. The van der Waals surface area contributed by atoms with E-state index in [1.807, 2.05) is 0 Å². The van der Waals surface area contributed by atoms with Crippen molar-refractivity contribution in [2.24, 2.45) is 0 Å². The topological polar surface area (TPSA) is 67.9 Å². The maximum atomic E-state index is 12.3. The van der Waals surface area contributed by atoms with Gasteiger partial charge in [-0.3, -0.25) is 0 Å². The van der Waals surface area contributed by atoms with Crippen LogP contribution in [0.4, 0.5) is 0 Å². The van der Waals surface area contributed by atoms with Gasteiger partial charge in [0.2, 0.25) is 10.0 Å². The van der Waals surface area contributed by atoms with Crippen LogP contribution in [-0.2, 0) is 10.0 Å². The molecule has 1 aliphatic rings. The molecule has 0 unspecified atom stereocenters. The average Bonchev–Trinajstić information content (AvgIpc) is 2.44. The molecule has 20 heavy (non-hydrogen) atoms. The number of rotatable bonds is 5. The van der Waals surface area contributed by atoms with Gasteiger partial charge < -0.3 is 14.8 Å². The van der Waals surface area contributed by atoms with Crippen molar-refractivity contribution in [3.05, 3.63) is 18.2 Å². The van der Waals surface area contributed by atoms with E-state index in [1.54, 1.807) is 26.2 Å². The molecule has 1 N–H and O–H groups in total. The van der Waals surface area contributed by atoms with Gasteiger partial charge in [0.15, 0.2) is 11.5 Å². The molecule has 114 valence electrons. The number of benzene rings is 1. The Morgan fingerprint density at radius 2 is 1.90 bits per heavy atom. The Morgan fingerprint density at radius 3 is 2.55 bits per heavy atom. The first-order valence-electron chi connectivity index (χ1n) is 6.06. The van der Waals surface area contributed by atoms with Crippen LogP contribution < -0.4 is 14.8 Å². The van der Waals surface area contributed by atoms with E-state index in [0.29, 0.717) is 37.8 Å². The minimum Gasteiger partial charge on any atom is -0.486 e. The summed E-state index contributed by atoms with van der Waals surface area (Å²) in [7, 11) is -0.146. The molecule has 0 saturated heterocycles. The third-order valence-electron chi connectivity index (χ3n) is 2.90. The molecular weight excluding hydrogens is 304 g/mol. The average molecular weight is 323 g/mol. The zero-order chi connectivity index (χ0) is 13.9. The summed E-state index contributed by atoms with van der Waals surface area (Å²) in [4.78, 5) is 0.218. The summed E-state index contributed by atoms with van der Waals surface area (Å²) in [5.41, 5.74) is 0. The standard InChI is InChI=1S/C12H18N2O4S.ClH/c1-13-5-6-14(2)19(15,16)10-3-4-11-12(9-10)18-8-7-17-11;/h3-4,9,13H,5-8H2,1-2H3;1H. The first kappa shape index (κ1) is 17.0. The van der Waals surface area contributed by atoms with Crippen LogP contribution in [0, 0.1) is 0 Å². The molecule has 1 heterocycles. The SMILES string of the molecule is CNCCN(C)S(=O)(=O)c1ccc2c(c1)OCCO2.Cl. The van der Waals surface area contributed by atoms with Crippen molar-refractivity contribution in [1.82, 2.24) is 9.62 Å². The molecule has 0 atom stereocenters. The number of halogens is 1. The molecule has 0 spiro atoms. The van der Waals surface area contributed by atoms with Gasteiger partial charge in [0.1, 0.15) is 13.2 Å². The van der Waals surface area contributed by atoms with Gasteiger partial charge >= 0.3 is 0 Å². The lowest BCUT2D eigenvalue weighted by Gasteiger charge is -2.21. The summed E-state index contributed by atoms with van der Waals surface area (Å²) in [5, 5.41) is 2.92. The van der Waals surface area contributed by atoms with Gasteiger partial charge in [-0.2, -0.15) is 4.31 Å². The molecule has 1 aromatic rings. The molecule has 2 rings (SSSR count). The Labute approximate surface area is 125 Å². The quantitative estimate of drug-likeness (QED) is 0.865. The fourth-order valence-electron chi connectivity index (χ4n) is 1.75. The molecule has 1 aliphatic heterocycles. The van der Waals surface area contributed by atoms with Gasteiger partial charge in [-0.25, -0.2) is 8.42 Å². The van der Waals surface area contributed by atoms with Gasteiger partial charge in [0.25, 0.3) is 0 Å². The van der Waals surface area contributed by atoms with E-state index in [9.17, 15) is 8.42 Å². The molecular formula is C12H19ClN2O4S. The molecule has 0 amide bonds. The van der Waals surface area contributed by atoms with Crippen LogP contribution in [0.1, 0.15) is 0 Å². The maximum absolute atomic E-state index is 12.3. The van der Waals surface area contributed by atoms with Crippen molar-refractivity contribution in [2.75, 3.05) is 40.4 Å². The summed E-state index contributed by atoms with van der Waals surface area (Å²) in [6.45, 7) is 1.93. The molecule has 1 aromatic carbocycles. The molecule has 0 fully saturated rings. The highest BCUT2D eigenvalue weighted by Crippen LogP contribution is 2.32. The normalized spacial score (nSPS) is 13.9. The van der Waals surface area contributed by atoms with Crippen LogP contribution in [0.25, 0.3) is 0 Å². The summed E-state index contributed by atoms with van der Waals surface area (Å²) in [6, 6.07) is 4.69. The van der Waals surface area contributed by atoms with Gasteiger partial charge in [0.05, 0.1) is 4.90 Å². The Kier molecular flexibility index (Phi) is 6.07.